The van der Waals surface area contributed by atoms with E-state index in [0.29, 0.717) is 0 Å². The quantitative estimate of drug-likeness (QED) is 0.827. The molecule has 0 saturated heterocycles. The number of benzene rings is 1. The Morgan fingerprint density at radius 3 is 2.88 bits per heavy atom. The molecular formula is C13H13NO2. The van der Waals surface area contributed by atoms with Gasteiger partial charge in [0, 0.05) is 17.1 Å². The van der Waals surface area contributed by atoms with E-state index in [0.717, 1.165) is 23.7 Å². The molecule has 1 aromatic carbocycles. The van der Waals surface area contributed by atoms with Gasteiger partial charge in [-0.2, -0.15) is 0 Å². The summed E-state index contributed by atoms with van der Waals surface area (Å²) in [5.74, 6) is -0.702. The van der Waals surface area contributed by atoms with Gasteiger partial charge in [-0.3, -0.25) is 4.79 Å². The Kier molecular flexibility index (Phi) is 1.84. The number of hydrogen-bond acceptors (Lipinski definition) is 1. The molecule has 1 saturated carbocycles. The Morgan fingerprint density at radius 2 is 2.19 bits per heavy atom. The number of H-pyrrole nitrogens is 1. The second-order valence-corrected chi connectivity index (χ2v) is 4.63. The second kappa shape index (κ2) is 3.11. The number of carboxylic acids is 1. The van der Waals surface area contributed by atoms with Gasteiger partial charge in [0.15, 0.2) is 0 Å². The van der Waals surface area contributed by atoms with E-state index in [1.807, 2.05) is 18.3 Å². The largest absolute Gasteiger partial charge is 0.481 e. The van der Waals surface area contributed by atoms with Crippen molar-refractivity contribution in [2.45, 2.75) is 24.7 Å². The minimum Gasteiger partial charge on any atom is -0.481 e. The van der Waals surface area contributed by atoms with Crippen LogP contribution in [0, 0.1) is 0 Å². The zero-order valence-corrected chi connectivity index (χ0v) is 8.86. The summed E-state index contributed by atoms with van der Waals surface area (Å²) >= 11 is 0. The lowest BCUT2D eigenvalue weighted by Crippen LogP contribution is -2.12. The van der Waals surface area contributed by atoms with Crippen LogP contribution in [0.15, 0.2) is 30.5 Å². The summed E-state index contributed by atoms with van der Waals surface area (Å²) in [6.07, 6.45) is 4.15. The van der Waals surface area contributed by atoms with Crippen molar-refractivity contribution in [2.75, 3.05) is 0 Å². The number of aliphatic carboxylic acids is 1. The fraction of sp³-hybridized carbons (Fsp3) is 0.308. The van der Waals surface area contributed by atoms with E-state index in [9.17, 15) is 4.79 Å². The van der Waals surface area contributed by atoms with E-state index >= 15 is 0 Å². The zero-order valence-electron chi connectivity index (χ0n) is 8.86. The van der Waals surface area contributed by atoms with Crippen LogP contribution in [0.2, 0.25) is 0 Å². The number of carboxylic acid groups (broad SMARTS) is 1. The van der Waals surface area contributed by atoms with Crippen molar-refractivity contribution in [3.63, 3.8) is 0 Å². The molecule has 3 nitrogen and oxygen atoms in total. The van der Waals surface area contributed by atoms with Crippen molar-refractivity contribution in [3.05, 3.63) is 36.0 Å². The van der Waals surface area contributed by atoms with Crippen LogP contribution in [0.4, 0.5) is 0 Å². The molecule has 0 spiro atoms. The first kappa shape index (κ1) is 9.46. The van der Waals surface area contributed by atoms with Crippen LogP contribution in [0.1, 0.15) is 24.8 Å². The molecule has 3 rings (SSSR count). The molecule has 0 atom stereocenters. The van der Waals surface area contributed by atoms with Crippen molar-refractivity contribution in [2.24, 2.45) is 0 Å². The summed E-state index contributed by atoms with van der Waals surface area (Å²) in [5.41, 5.74) is 2.19. The van der Waals surface area contributed by atoms with Crippen molar-refractivity contribution in [1.82, 2.24) is 4.98 Å². The summed E-state index contributed by atoms with van der Waals surface area (Å²) in [6, 6.07) is 8.22. The SMILES string of the molecule is O=C(O)CC1(c2ccc3[nH]ccc3c2)CC1. The molecular weight excluding hydrogens is 202 g/mol. The minimum atomic E-state index is -0.702. The van der Waals surface area contributed by atoms with Crippen LogP contribution in [0.3, 0.4) is 0 Å². The molecule has 0 bridgehead atoms. The van der Waals surface area contributed by atoms with Crippen LogP contribution in [0.25, 0.3) is 10.9 Å². The number of rotatable bonds is 3. The maximum atomic E-state index is 10.8. The van der Waals surface area contributed by atoms with E-state index in [-0.39, 0.29) is 11.8 Å². The first-order chi connectivity index (χ1) is 7.70. The van der Waals surface area contributed by atoms with Crippen LogP contribution >= 0.6 is 0 Å². The molecule has 0 radical (unpaired) electrons. The first-order valence-corrected chi connectivity index (χ1v) is 5.49. The number of aromatic nitrogens is 1. The second-order valence-electron chi connectivity index (χ2n) is 4.63. The van der Waals surface area contributed by atoms with Crippen molar-refractivity contribution >= 4 is 16.9 Å². The van der Waals surface area contributed by atoms with Gasteiger partial charge in [-0.1, -0.05) is 6.07 Å². The molecule has 2 N–H and O–H groups in total. The third-order valence-electron chi connectivity index (χ3n) is 3.51. The third-order valence-corrected chi connectivity index (χ3v) is 3.51. The molecule has 3 heteroatoms. The monoisotopic (exact) mass is 215 g/mol. The summed E-state index contributed by atoms with van der Waals surface area (Å²) in [6.45, 7) is 0. The Balaban J connectivity index is 2.02. The molecule has 1 aromatic heterocycles. The smallest absolute Gasteiger partial charge is 0.304 e. The van der Waals surface area contributed by atoms with Gasteiger partial charge in [-0.25, -0.2) is 0 Å². The number of aromatic amines is 1. The van der Waals surface area contributed by atoms with Gasteiger partial charge in [-0.05, 0) is 42.0 Å². The maximum Gasteiger partial charge on any atom is 0.304 e. The van der Waals surface area contributed by atoms with E-state index < -0.39 is 5.97 Å². The van der Waals surface area contributed by atoms with Crippen LogP contribution in [-0.4, -0.2) is 16.1 Å². The van der Waals surface area contributed by atoms with Crippen molar-refractivity contribution in [1.29, 1.82) is 0 Å². The summed E-state index contributed by atoms with van der Waals surface area (Å²) in [5, 5.41) is 10.1. The highest BCUT2D eigenvalue weighted by Gasteiger charge is 2.45. The van der Waals surface area contributed by atoms with Gasteiger partial charge in [0.05, 0.1) is 6.42 Å². The maximum absolute atomic E-state index is 10.8. The average Bonchev–Trinajstić information content (AvgIpc) is 2.87. The Labute approximate surface area is 93.1 Å². The number of nitrogens with one attached hydrogen (secondary N) is 1. The van der Waals surface area contributed by atoms with E-state index in [4.69, 9.17) is 5.11 Å². The third kappa shape index (κ3) is 1.40. The number of carbonyl (C=O) groups is 1. The minimum absolute atomic E-state index is 0.0860. The highest BCUT2D eigenvalue weighted by Crippen LogP contribution is 2.51. The predicted molar refractivity (Wildman–Crippen MR) is 61.5 cm³/mol. The van der Waals surface area contributed by atoms with Gasteiger partial charge < -0.3 is 10.1 Å². The predicted octanol–water partition coefficient (Wildman–Crippen LogP) is 2.67. The fourth-order valence-electron chi connectivity index (χ4n) is 2.39. The Morgan fingerprint density at radius 1 is 1.38 bits per heavy atom. The summed E-state index contributed by atoms with van der Waals surface area (Å²) in [4.78, 5) is 14.0. The van der Waals surface area contributed by atoms with Gasteiger partial charge >= 0.3 is 5.97 Å². The van der Waals surface area contributed by atoms with Crippen LogP contribution < -0.4 is 0 Å². The van der Waals surface area contributed by atoms with E-state index in [1.165, 1.54) is 5.56 Å². The summed E-state index contributed by atoms with van der Waals surface area (Å²) < 4.78 is 0. The molecule has 0 amide bonds. The average molecular weight is 215 g/mol. The highest BCUT2D eigenvalue weighted by molar-refractivity contribution is 5.81. The van der Waals surface area contributed by atoms with E-state index in [2.05, 4.69) is 17.1 Å². The normalized spacial score (nSPS) is 17.5. The van der Waals surface area contributed by atoms with Gasteiger partial charge in [-0.15, -0.1) is 0 Å². The lowest BCUT2D eigenvalue weighted by molar-refractivity contribution is -0.137. The summed E-state index contributed by atoms with van der Waals surface area (Å²) in [7, 11) is 0. The first-order valence-electron chi connectivity index (χ1n) is 5.49. The molecule has 1 fully saturated rings. The van der Waals surface area contributed by atoms with Gasteiger partial charge in [0.2, 0.25) is 0 Å². The van der Waals surface area contributed by atoms with E-state index in [1.54, 1.807) is 0 Å². The highest BCUT2D eigenvalue weighted by atomic mass is 16.4. The molecule has 82 valence electrons. The lowest BCUT2D eigenvalue weighted by Gasteiger charge is -2.12. The van der Waals surface area contributed by atoms with Crippen LogP contribution in [-0.2, 0) is 10.2 Å². The molecule has 0 aliphatic heterocycles. The zero-order chi connectivity index (χ0) is 11.2. The van der Waals surface area contributed by atoms with Gasteiger partial charge in [0.1, 0.15) is 0 Å². The van der Waals surface area contributed by atoms with Gasteiger partial charge in [0.25, 0.3) is 0 Å². The lowest BCUT2D eigenvalue weighted by atomic mass is 9.92. The number of fused-ring (bicyclic) bond motifs is 1. The molecule has 0 unspecified atom stereocenters. The van der Waals surface area contributed by atoms with Crippen molar-refractivity contribution in [3.8, 4) is 0 Å². The Hall–Kier alpha value is -1.77. The topological polar surface area (TPSA) is 53.1 Å². The molecule has 1 aliphatic carbocycles. The Bertz CT molecular complexity index is 552. The molecule has 2 aromatic rings. The fourth-order valence-corrected chi connectivity index (χ4v) is 2.39. The number of hydrogen-bond donors (Lipinski definition) is 2. The molecule has 1 aliphatic rings. The van der Waals surface area contributed by atoms with Crippen LogP contribution in [0.5, 0.6) is 0 Å². The molecule has 16 heavy (non-hydrogen) atoms. The van der Waals surface area contributed by atoms with Crippen molar-refractivity contribution < 1.29 is 9.90 Å². The molecule has 1 heterocycles. The standard InChI is InChI=1S/C13H13NO2/c15-12(16)8-13(4-5-13)10-1-2-11-9(7-10)3-6-14-11/h1-3,6-7,14H,4-5,8H2,(H,15,16).